The molecular formula is C21H22N2O2S. The van der Waals surface area contributed by atoms with E-state index in [0.29, 0.717) is 11.5 Å². The van der Waals surface area contributed by atoms with Crippen LogP contribution >= 0.6 is 11.3 Å². The van der Waals surface area contributed by atoms with Crippen LogP contribution in [-0.4, -0.2) is 18.1 Å². The van der Waals surface area contributed by atoms with Gasteiger partial charge in [-0.15, -0.1) is 11.3 Å². The summed E-state index contributed by atoms with van der Waals surface area (Å²) < 4.78 is 5.87. The van der Waals surface area contributed by atoms with E-state index in [9.17, 15) is 4.79 Å². The largest absolute Gasteiger partial charge is 0.422 e. The van der Waals surface area contributed by atoms with Gasteiger partial charge in [0.1, 0.15) is 5.58 Å². The lowest BCUT2D eigenvalue weighted by molar-refractivity contribution is 0.551. The van der Waals surface area contributed by atoms with Gasteiger partial charge in [0.05, 0.1) is 16.3 Å². The van der Waals surface area contributed by atoms with E-state index in [0.717, 1.165) is 54.0 Å². The molecule has 3 aromatic rings. The first-order chi connectivity index (χ1) is 12.6. The lowest BCUT2D eigenvalue weighted by Gasteiger charge is -2.37. The molecule has 0 N–H and O–H groups in total. The van der Waals surface area contributed by atoms with Crippen molar-refractivity contribution in [2.75, 3.05) is 18.0 Å². The van der Waals surface area contributed by atoms with Gasteiger partial charge in [0.15, 0.2) is 0 Å². The lowest BCUT2D eigenvalue weighted by atomic mass is 9.90. The van der Waals surface area contributed by atoms with Gasteiger partial charge in [-0.3, -0.25) is 0 Å². The van der Waals surface area contributed by atoms with Crippen molar-refractivity contribution >= 4 is 28.0 Å². The van der Waals surface area contributed by atoms with Gasteiger partial charge in [-0.05, 0) is 43.4 Å². The zero-order valence-corrected chi connectivity index (χ0v) is 16.0. The molecule has 2 aromatic heterocycles. The number of hydrogen-bond donors (Lipinski definition) is 0. The molecule has 2 aliphatic heterocycles. The van der Waals surface area contributed by atoms with E-state index >= 15 is 0 Å². The molecule has 0 bridgehead atoms. The van der Waals surface area contributed by atoms with E-state index in [1.165, 1.54) is 23.2 Å². The Morgan fingerprint density at radius 2 is 2.00 bits per heavy atom. The molecule has 2 aliphatic rings. The molecule has 0 saturated heterocycles. The average molecular weight is 366 g/mol. The second kappa shape index (κ2) is 5.95. The fourth-order valence-corrected chi connectivity index (χ4v) is 5.14. The lowest BCUT2D eigenvalue weighted by Crippen LogP contribution is -2.34. The van der Waals surface area contributed by atoms with Crippen LogP contribution in [0.4, 0.5) is 5.69 Å². The first kappa shape index (κ1) is 16.1. The summed E-state index contributed by atoms with van der Waals surface area (Å²) in [6.07, 6.45) is 4.43. The van der Waals surface area contributed by atoms with Crippen molar-refractivity contribution in [1.29, 1.82) is 0 Å². The second-order valence-electron chi connectivity index (χ2n) is 7.65. The third-order valence-electron chi connectivity index (χ3n) is 5.51. The van der Waals surface area contributed by atoms with Crippen molar-refractivity contribution in [3.8, 4) is 11.3 Å². The third-order valence-corrected chi connectivity index (χ3v) is 6.65. The molecule has 0 spiro atoms. The predicted molar refractivity (Wildman–Crippen MR) is 107 cm³/mol. The zero-order chi connectivity index (χ0) is 17.8. The van der Waals surface area contributed by atoms with Gasteiger partial charge in [0, 0.05) is 41.0 Å². The van der Waals surface area contributed by atoms with Gasteiger partial charge < -0.3 is 9.32 Å². The summed E-state index contributed by atoms with van der Waals surface area (Å²) >= 11 is 1.61. The Balaban J connectivity index is 1.72. The first-order valence-electron chi connectivity index (χ1n) is 9.45. The Morgan fingerprint density at radius 3 is 2.77 bits per heavy atom. The molecule has 0 aliphatic carbocycles. The van der Waals surface area contributed by atoms with Crippen molar-refractivity contribution in [2.45, 2.75) is 45.4 Å². The minimum atomic E-state index is -0.276. The van der Waals surface area contributed by atoms with Gasteiger partial charge >= 0.3 is 5.63 Å². The quantitative estimate of drug-likeness (QED) is 0.615. The Morgan fingerprint density at radius 1 is 1.19 bits per heavy atom. The van der Waals surface area contributed by atoms with Crippen molar-refractivity contribution in [3.05, 3.63) is 44.1 Å². The Kier molecular flexibility index (Phi) is 3.67. The minimum Gasteiger partial charge on any atom is -0.422 e. The Hall–Kier alpha value is -2.14. The van der Waals surface area contributed by atoms with Crippen LogP contribution in [0.5, 0.6) is 0 Å². The minimum absolute atomic E-state index is 0.276. The molecule has 26 heavy (non-hydrogen) atoms. The second-order valence-corrected chi connectivity index (χ2v) is 8.54. The highest BCUT2D eigenvalue weighted by Gasteiger charge is 2.27. The van der Waals surface area contributed by atoms with E-state index in [1.807, 2.05) is 11.4 Å². The number of fused-ring (bicyclic) bond motifs is 2. The smallest absolute Gasteiger partial charge is 0.345 e. The number of aryl methyl sites for hydroxylation is 2. The SMILES string of the molecule is CC(C)c1nc(-c2cc3cc4c5c(c3oc2=O)CCCN5CCC4)cs1. The van der Waals surface area contributed by atoms with Crippen LogP contribution in [0, 0.1) is 0 Å². The summed E-state index contributed by atoms with van der Waals surface area (Å²) in [6.45, 7) is 6.47. The average Bonchev–Trinajstić information content (AvgIpc) is 3.12. The van der Waals surface area contributed by atoms with E-state index < -0.39 is 0 Å². The van der Waals surface area contributed by atoms with Crippen LogP contribution in [0.2, 0.25) is 0 Å². The number of rotatable bonds is 2. The van der Waals surface area contributed by atoms with Crippen LogP contribution in [-0.2, 0) is 12.8 Å². The number of nitrogens with zero attached hydrogens (tertiary/aromatic N) is 2. The normalized spacial score (nSPS) is 16.3. The van der Waals surface area contributed by atoms with E-state index in [4.69, 9.17) is 4.42 Å². The van der Waals surface area contributed by atoms with Crippen molar-refractivity contribution < 1.29 is 4.42 Å². The van der Waals surface area contributed by atoms with E-state index in [2.05, 4.69) is 29.8 Å². The topological polar surface area (TPSA) is 46.3 Å². The van der Waals surface area contributed by atoms with Crippen LogP contribution in [0.1, 0.15) is 48.7 Å². The molecular weight excluding hydrogens is 344 g/mol. The highest BCUT2D eigenvalue weighted by atomic mass is 32.1. The zero-order valence-electron chi connectivity index (χ0n) is 15.2. The molecule has 4 nitrogen and oxygen atoms in total. The van der Waals surface area contributed by atoms with Crippen molar-refractivity contribution in [1.82, 2.24) is 4.98 Å². The fourth-order valence-electron chi connectivity index (χ4n) is 4.30. The Labute approximate surface area is 156 Å². The van der Waals surface area contributed by atoms with Crippen LogP contribution in [0.25, 0.3) is 22.2 Å². The van der Waals surface area contributed by atoms with Gasteiger partial charge in [-0.25, -0.2) is 9.78 Å². The molecule has 4 heterocycles. The summed E-state index contributed by atoms with van der Waals surface area (Å²) in [7, 11) is 0. The summed E-state index contributed by atoms with van der Waals surface area (Å²) in [5.41, 5.74) is 5.79. The maximum Gasteiger partial charge on any atom is 0.345 e. The molecule has 0 fully saturated rings. The van der Waals surface area contributed by atoms with Crippen LogP contribution < -0.4 is 10.5 Å². The van der Waals surface area contributed by atoms with Crippen molar-refractivity contribution in [2.24, 2.45) is 0 Å². The molecule has 0 radical (unpaired) electrons. The molecule has 1 aromatic carbocycles. The summed E-state index contributed by atoms with van der Waals surface area (Å²) in [4.78, 5) is 19.9. The highest BCUT2D eigenvalue weighted by Crippen LogP contribution is 2.40. The molecule has 0 saturated carbocycles. The number of anilines is 1. The molecule has 0 amide bonds. The van der Waals surface area contributed by atoms with Crippen LogP contribution in [0.15, 0.2) is 26.7 Å². The summed E-state index contributed by atoms with van der Waals surface area (Å²) in [6, 6.07) is 4.22. The standard InChI is InChI=1S/C21H22N2O2S/c1-12(2)20-22-17(11-26-20)16-10-14-9-13-5-3-7-23-8-4-6-15(18(13)23)19(14)25-21(16)24/h9-12H,3-8H2,1-2H3. The number of aromatic nitrogens is 1. The number of benzene rings is 1. The maximum absolute atomic E-state index is 12.7. The maximum atomic E-state index is 12.7. The molecule has 5 rings (SSSR count). The van der Waals surface area contributed by atoms with Gasteiger partial charge in [-0.1, -0.05) is 13.8 Å². The molecule has 134 valence electrons. The van der Waals surface area contributed by atoms with Gasteiger partial charge in [0.25, 0.3) is 0 Å². The Bertz CT molecular complexity index is 1060. The predicted octanol–water partition coefficient (Wildman–Crippen LogP) is 4.74. The number of thiazole rings is 1. The monoisotopic (exact) mass is 366 g/mol. The highest BCUT2D eigenvalue weighted by molar-refractivity contribution is 7.10. The summed E-state index contributed by atoms with van der Waals surface area (Å²) in [5, 5.41) is 4.06. The van der Waals surface area contributed by atoms with Gasteiger partial charge in [0.2, 0.25) is 0 Å². The molecule has 0 atom stereocenters. The van der Waals surface area contributed by atoms with E-state index in [1.54, 1.807) is 11.3 Å². The summed E-state index contributed by atoms with van der Waals surface area (Å²) in [5.74, 6) is 0.365. The van der Waals surface area contributed by atoms with Gasteiger partial charge in [-0.2, -0.15) is 0 Å². The fraction of sp³-hybridized carbons (Fsp3) is 0.429. The first-order valence-corrected chi connectivity index (χ1v) is 10.3. The van der Waals surface area contributed by atoms with Crippen LogP contribution in [0.3, 0.4) is 0 Å². The van der Waals surface area contributed by atoms with E-state index in [-0.39, 0.29) is 5.63 Å². The molecule has 0 unspecified atom stereocenters. The van der Waals surface area contributed by atoms with Crippen molar-refractivity contribution in [3.63, 3.8) is 0 Å². The number of hydrogen-bond acceptors (Lipinski definition) is 5. The third kappa shape index (κ3) is 2.41. The molecule has 5 heteroatoms.